The fraction of sp³-hybridized carbons (Fsp3) is 0.143. The van der Waals surface area contributed by atoms with Crippen molar-refractivity contribution in [2.45, 2.75) is 13.1 Å². The quantitative estimate of drug-likeness (QED) is 0.705. The Morgan fingerprint density at radius 3 is 2.78 bits per heavy atom. The lowest BCUT2D eigenvalue weighted by Crippen LogP contribution is -2.32. The van der Waals surface area contributed by atoms with Crippen LogP contribution in [0.4, 0.5) is 11.4 Å². The van der Waals surface area contributed by atoms with Gasteiger partial charge in [0, 0.05) is 23.0 Å². The summed E-state index contributed by atoms with van der Waals surface area (Å²) >= 11 is 6.08. The van der Waals surface area contributed by atoms with Crippen LogP contribution in [-0.2, 0) is 0 Å². The maximum atomic E-state index is 13.1. The van der Waals surface area contributed by atoms with Crippen molar-refractivity contribution in [1.82, 2.24) is 4.98 Å². The summed E-state index contributed by atoms with van der Waals surface area (Å²) in [5.41, 5.74) is 3.90. The zero-order valence-electron chi connectivity index (χ0n) is 14.9. The highest BCUT2D eigenvalue weighted by molar-refractivity contribution is 6.30. The van der Waals surface area contributed by atoms with Crippen LogP contribution in [0, 0.1) is 6.92 Å². The first kappa shape index (κ1) is 17.4. The summed E-state index contributed by atoms with van der Waals surface area (Å²) in [7, 11) is 1.61. The average Bonchev–Trinajstić information content (AvgIpc) is 2.96. The van der Waals surface area contributed by atoms with E-state index in [0.29, 0.717) is 22.0 Å². The van der Waals surface area contributed by atoms with Crippen LogP contribution in [0.5, 0.6) is 5.75 Å². The first-order valence-electron chi connectivity index (χ1n) is 8.53. The van der Waals surface area contributed by atoms with Crippen LogP contribution in [0.2, 0.25) is 5.02 Å². The van der Waals surface area contributed by atoms with Crippen molar-refractivity contribution < 1.29 is 9.53 Å². The molecule has 0 fully saturated rings. The van der Waals surface area contributed by atoms with Gasteiger partial charge in [-0.3, -0.25) is 14.7 Å². The molecule has 1 N–H and O–H groups in total. The molecule has 1 aliphatic heterocycles. The lowest BCUT2D eigenvalue weighted by molar-refractivity contribution is 0.0993. The van der Waals surface area contributed by atoms with Crippen LogP contribution in [0.25, 0.3) is 0 Å². The minimum atomic E-state index is -0.430. The number of aromatic nitrogens is 1. The number of hydrogen-bond donors (Lipinski definition) is 1. The van der Waals surface area contributed by atoms with E-state index in [2.05, 4.69) is 10.3 Å². The Morgan fingerprint density at radius 2 is 2.00 bits per heavy atom. The summed E-state index contributed by atoms with van der Waals surface area (Å²) < 4.78 is 5.32. The highest BCUT2D eigenvalue weighted by atomic mass is 35.5. The third-order valence-corrected chi connectivity index (χ3v) is 4.85. The largest absolute Gasteiger partial charge is 0.497 e. The third-order valence-electron chi connectivity index (χ3n) is 4.62. The Hall–Kier alpha value is -3.05. The molecule has 1 aromatic heterocycles. The highest BCUT2D eigenvalue weighted by Gasteiger charge is 2.39. The van der Waals surface area contributed by atoms with Gasteiger partial charge in [-0.05, 0) is 55.0 Å². The molecule has 0 saturated heterocycles. The number of nitrogens with one attached hydrogen (secondary N) is 1. The van der Waals surface area contributed by atoms with E-state index < -0.39 is 6.17 Å². The van der Waals surface area contributed by atoms with Crippen LogP contribution < -0.4 is 15.0 Å². The number of rotatable bonds is 4. The predicted octanol–water partition coefficient (Wildman–Crippen LogP) is 4.82. The number of pyridine rings is 1. The number of fused-ring (bicyclic) bond motifs is 1. The van der Waals surface area contributed by atoms with Gasteiger partial charge in [-0.25, -0.2) is 0 Å². The molecule has 2 aromatic carbocycles. The van der Waals surface area contributed by atoms with Gasteiger partial charge in [0.2, 0.25) is 0 Å². The van der Waals surface area contributed by atoms with E-state index in [9.17, 15) is 4.79 Å². The summed E-state index contributed by atoms with van der Waals surface area (Å²) in [5, 5.41) is 4.12. The molecular formula is C21H18ClN3O2. The van der Waals surface area contributed by atoms with Crippen molar-refractivity contribution in [1.29, 1.82) is 0 Å². The first-order valence-corrected chi connectivity index (χ1v) is 8.91. The molecule has 0 spiro atoms. The first-order chi connectivity index (χ1) is 13.1. The van der Waals surface area contributed by atoms with Crippen molar-refractivity contribution in [3.63, 3.8) is 0 Å². The number of aryl methyl sites for hydroxylation is 1. The molecule has 1 amide bonds. The molecule has 1 atom stereocenters. The maximum Gasteiger partial charge on any atom is 0.262 e. The second-order valence-electron chi connectivity index (χ2n) is 6.32. The van der Waals surface area contributed by atoms with Crippen LogP contribution in [-0.4, -0.2) is 18.0 Å². The number of ether oxygens (including phenoxy) is 1. The van der Waals surface area contributed by atoms with Gasteiger partial charge in [-0.2, -0.15) is 0 Å². The Labute approximate surface area is 162 Å². The number of carbonyl (C=O) groups is 1. The van der Waals surface area contributed by atoms with E-state index in [4.69, 9.17) is 16.3 Å². The molecule has 6 heteroatoms. The molecule has 0 aliphatic carbocycles. The monoisotopic (exact) mass is 379 g/mol. The zero-order valence-corrected chi connectivity index (χ0v) is 15.7. The van der Waals surface area contributed by atoms with Crippen molar-refractivity contribution in [3.8, 4) is 5.75 Å². The lowest BCUT2D eigenvalue weighted by atomic mass is 10.1. The van der Waals surface area contributed by atoms with E-state index in [1.165, 1.54) is 0 Å². The van der Waals surface area contributed by atoms with Gasteiger partial charge in [0.25, 0.3) is 5.91 Å². The third kappa shape index (κ3) is 3.11. The molecule has 2 heterocycles. The van der Waals surface area contributed by atoms with Gasteiger partial charge in [-0.15, -0.1) is 0 Å². The number of methoxy groups -OCH3 is 1. The normalized spacial score (nSPS) is 15.6. The van der Waals surface area contributed by atoms with Crippen molar-refractivity contribution in [3.05, 3.63) is 82.6 Å². The number of benzene rings is 2. The molecule has 0 radical (unpaired) electrons. The van der Waals surface area contributed by atoms with Crippen molar-refractivity contribution in [2.24, 2.45) is 0 Å². The van der Waals surface area contributed by atoms with Crippen LogP contribution >= 0.6 is 11.6 Å². The fourth-order valence-electron chi connectivity index (χ4n) is 3.28. The molecule has 0 bridgehead atoms. The molecule has 27 heavy (non-hydrogen) atoms. The van der Waals surface area contributed by atoms with Gasteiger partial charge < -0.3 is 10.1 Å². The molecular weight excluding hydrogens is 362 g/mol. The Morgan fingerprint density at radius 1 is 1.15 bits per heavy atom. The van der Waals surface area contributed by atoms with Crippen LogP contribution in [0.15, 0.2) is 60.8 Å². The van der Waals surface area contributed by atoms with E-state index in [-0.39, 0.29) is 5.91 Å². The Balaban J connectivity index is 1.80. The number of carbonyl (C=O) groups excluding carboxylic acids is 1. The summed E-state index contributed by atoms with van der Waals surface area (Å²) in [6, 6.07) is 16.6. The minimum Gasteiger partial charge on any atom is -0.497 e. The molecule has 5 nitrogen and oxygen atoms in total. The molecule has 4 rings (SSSR count). The topological polar surface area (TPSA) is 54.5 Å². The zero-order chi connectivity index (χ0) is 19.0. The van der Waals surface area contributed by atoms with Crippen molar-refractivity contribution in [2.75, 3.05) is 17.3 Å². The summed E-state index contributed by atoms with van der Waals surface area (Å²) in [5.74, 6) is 0.584. The summed E-state index contributed by atoms with van der Waals surface area (Å²) in [4.78, 5) is 19.3. The van der Waals surface area contributed by atoms with Gasteiger partial charge in [-0.1, -0.05) is 17.7 Å². The Bertz CT molecular complexity index is 1020. The second-order valence-corrected chi connectivity index (χ2v) is 6.76. The minimum absolute atomic E-state index is 0.101. The SMILES string of the molecule is COc1cccc(N2C(=O)c3cccnc3[C@H]2Nc2ccc(Cl)cc2C)c1. The fourth-order valence-corrected chi connectivity index (χ4v) is 3.51. The number of halogens is 1. The predicted molar refractivity (Wildman–Crippen MR) is 107 cm³/mol. The van der Waals surface area contributed by atoms with Gasteiger partial charge in [0.1, 0.15) is 5.75 Å². The molecule has 0 saturated carbocycles. The van der Waals surface area contributed by atoms with Crippen molar-refractivity contribution >= 4 is 28.9 Å². The van der Waals surface area contributed by atoms with E-state index >= 15 is 0 Å². The van der Waals surface area contributed by atoms with Gasteiger partial charge in [0.05, 0.1) is 24.1 Å². The summed E-state index contributed by atoms with van der Waals surface area (Å²) in [6.07, 6.45) is 1.27. The second kappa shape index (κ2) is 6.93. The average molecular weight is 380 g/mol. The van der Waals surface area contributed by atoms with Gasteiger partial charge in [0.15, 0.2) is 6.17 Å². The number of hydrogen-bond acceptors (Lipinski definition) is 4. The van der Waals surface area contributed by atoms with E-state index in [0.717, 1.165) is 16.9 Å². The van der Waals surface area contributed by atoms with E-state index in [1.54, 1.807) is 30.3 Å². The van der Waals surface area contributed by atoms with Crippen LogP contribution in [0.3, 0.4) is 0 Å². The number of amides is 1. The molecule has 1 aliphatic rings. The molecule has 136 valence electrons. The smallest absolute Gasteiger partial charge is 0.262 e. The number of nitrogens with zero attached hydrogens (tertiary/aromatic N) is 2. The standard InChI is InChI=1S/C21H18ClN3O2/c1-13-11-14(22)8-9-18(13)24-20-19-17(7-4-10-23-19)21(26)25(20)15-5-3-6-16(12-15)27-2/h3-12,20,24H,1-2H3/t20-/m0/s1. The van der Waals surface area contributed by atoms with E-state index in [1.807, 2.05) is 49.4 Å². The highest BCUT2D eigenvalue weighted by Crippen LogP contribution is 2.38. The number of anilines is 2. The molecule has 0 unspecified atom stereocenters. The Kier molecular flexibility index (Phi) is 4.46. The summed E-state index contributed by atoms with van der Waals surface area (Å²) in [6.45, 7) is 1.97. The maximum absolute atomic E-state index is 13.1. The molecule has 3 aromatic rings. The van der Waals surface area contributed by atoms with Gasteiger partial charge >= 0.3 is 0 Å². The van der Waals surface area contributed by atoms with Crippen LogP contribution in [0.1, 0.15) is 27.8 Å². The lowest BCUT2D eigenvalue weighted by Gasteiger charge is -2.27.